The molecule has 0 radical (unpaired) electrons. The normalized spacial score (nSPS) is 23.9. The standard InChI is InChI=1S/C14H16Cl2N2O4S/c15-10-1-2-11(16)13(9-10)23(20,21)18-6-4-17(5-7-18)12-3-8-22-14(12)19/h1-2,9,12H,3-8H2/t12-/m1/s1. The van der Waals surface area contributed by atoms with E-state index in [1.807, 2.05) is 4.90 Å². The fourth-order valence-corrected chi connectivity index (χ4v) is 5.05. The Kier molecular flexibility index (Phi) is 4.85. The molecule has 2 saturated heterocycles. The number of rotatable bonds is 3. The van der Waals surface area contributed by atoms with Crippen molar-refractivity contribution in [1.82, 2.24) is 9.21 Å². The summed E-state index contributed by atoms with van der Waals surface area (Å²) in [6, 6.07) is 4.13. The second kappa shape index (κ2) is 6.57. The number of hydrogen-bond acceptors (Lipinski definition) is 5. The van der Waals surface area contributed by atoms with Crippen molar-refractivity contribution in [1.29, 1.82) is 0 Å². The SMILES string of the molecule is O=C1OCC[C@H]1N1CCN(S(=O)(=O)c2cc(Cl)ccc2Cl)CC1. The minimum Gasteiger partial charge on any atom is -0.464 e. The van der Waals surface area contributed by atoms with E-state index in [2.05, 4.69) is 0 Å². The van der Waals surface area contributed by atoms with E-state index in [4.69, 9.17) is 27.9 Å². The number of nitrogens with zero attached hydrogens (tertiary/aromatic N) is 2. The zero-order valence-corrected chi connectivity index (χ0v) is 14.6. The Morgan fingerprint density at radius 1 is 1.13 bits per heavy atom. The highest BCUT2D eigenvalue weighted by molar-refractivity contribution is 7.89. The first kappa shape index (κ1) is 17.0. The van der Waals surface area contributed by atoms with Gasteiger partial charge in [-0.3, -0.25) is 9.69 Å². The molecular formula is C14H16Cl2N2O4S. The van der Waals surface area contributed by atoms with Crippen LogP contribution in [0, 0.1) is 0 Å². The van der Waals surface area contributed by atoms with Crippen LogP contribution in [0.4, 0.5) is 0 Å². The molecule has 0 bridgehead atoms. The van der Waals surface area contributed by atoms with Gasteiger partial charge >= 0.3 is 5.97 Å². The molecule has 1 atom stereocenters. The molecule has 126 valence electrons. The van der Waals surface area contributed by atoms with Crippen LogP contribution in [0.2, 0.25) is 10.0 Å². The monoisotopic (exact) mass is 378 g/mol. The number of carbonyl (C=O) groups excluding carboxylic acids is 1. The van der Waals surface area contributed by atoms with Crippen LogP contribution in [0.1, 0.15) is 6.42 Å². The van der Waals surface area contributed by atoms with Gasteiger partial charge in [0.25, 0.3) is 0 Å². The number of benzene rings is 1. The Bertz CT molecular complexity index is 717. The second-order valence-electron chi connectivity index (χ2n) is 5.49. The molecule has 0 amide bonds. The molecule has 0 aromatic heterocycles. The third-order valence-corrected chi connectivity index (χ3v) is 6.75. The number of ether oxygens (including phenoxy) is 1. The summed E-state index contributed by atoms with van der Waals surface area (Å²) in [6.45, 7) is 2.00. The molecule has 2 heterocycles. The van der Waals surface area contributed by atoms with Gasteiger partial charge in [0.2, 0.25) is 10.0 Å². The predicted molar refractivity (Wildman–Crippen MR) is 86.2 cm³/mol. The van der Waals surface area contributed by atoms with Gasteiger partial charge in [0, 0.05) is 37.6 Å². The number of cyclic esters (lactones) is 1. The number of sulfonamides is 1. The maximum atomic E-state index is 12.7. The highest BCUT2D eigenvalue weighted by atomic mass is 35.5. The topological polar surface area (TPSA) is 66.9 Å². The van der Waals surface area contributed by atoms with Crippen LogP contribution >= 0.6 is 23.2 Å². The molecule has 2 aliphatic heterocycles. The van der Waals surface area contributed by atoms with Gasteiger partial charge in [-0.25, -0.2) is 8.42 Å². The maximum absolute atomic E-state index is 12.7. The van der Waals surface area contributed by atoms with Crippen molar-refractivity contribution < 1.29 is 17.9 Å². The minimum atomic E-state index is -3.70. The summed E-state index contributed by atoms with van der Waals surface area (Å²) >= 11 is 11.9. The molecule has 0 unspecified atom stereocenters. The molecule has 0 aliphatic carbocycles. The number of piperazine rings is 1. The molecule has 1 aromatic carbocycles. The fourth-order valence-electron chi connectivity index (χ4n) is 2.89. The lowest BCUT2D eigenvalue weighted by atomic mass is 10.2. The van der Waals surface area contributed by atoms with Crippen LogP contribution in [0.25, 0.3) is 0 Å². The van der Waals surface area contributed by atoms with E-state index in [0.717, 1.165) is 0 Å². The summed E-state index contributed by atoms with van der Waals surface area (Å²) in [5.74, 6) is -0.223. The van der Waals surface area contributed by atoms with Gasteiger partial charge in [-0.1, -0.05) is 23.2 Å². The molecule has 2 fully saturated rings. The highest BCUT2D eigenvalue weighted by Gasteiger charge is 2.37. The molecule has 9 heteroatoms. The van der Waals surface area contributed by atoms with Crippen LogP contribution in [0.3, 0.4) is 0 Å². The fraction of sp³-hybridized carbons (Fsp3) is 0.500. The first-order valence-corrected chi connectivity index (χ1v) is 9.45. The lowest BCUT2D eigenvalue weighted by molar-refractivity contribution is -0.142. The molecular weight excluding hydrogens is 363 g/mol. The summed E-state index contributed by atoms with van der Waals surface area (Å²) < 4.78 is 31.8. The van der Waals surface area contributed by atoms with Gasteiger partial charge in [-0.15, -0.1) is 0 Å². The van der Waals surface area contributed by atoms with Crippen molar-refractivity contribution in [3.8, 4) is 0 Å². The lowest BCUT2D eigenvalue weighted by Gasteiger charge is -2.35. The Labute approximate surface area is 145 Å². The van der Waals surface area contributed by atoms with Crippen LogP contribution in [0.5, 0.6) is 0 Å². The summed E-state index contributed by atoms with van der Waals surface area (Å²) in [5, 5.41) is 0.469. The van der Waals surface area contributed by atoms with E-state index in [9.17, 15) is 13.2 Å². The first-order chi connectivity index (χ1) is 10.9. The van der Waals surface area contributed by atoms with Crippen molar-refractivity contribution in [2.45, 2.75) is 17.4 Å². The number of hydrogen-bond donors (Lipinski definition) is 0. The lowest BCUT2D eigenvalue weighted by Crippen LogP contribution is -2.53. The molecule has 23 heavy (non-hydrogen) atoms. The number of carbonyl (C=O) groups is 1. The Morgan fingerprint density at radius 2 is 1.83 bits per heavy atom. The van der Waals surface area contributed by atoms with E-state index in [0.29, 0.717) is 44.2 Å². The second-order valence-corrected chi connectivity index (χ2v) is 8.24. The van der Waals surface area contributed by atoms with Crippen LogP contribution < -0.4 is 0 Å². The maximum Gasteiger partial charge on any atom is 0.323 e. The average molecular weight is 379 g/mol. The van der Waals surface area contributed by atoms with E-state index in [1.165, 1.54) is 16.4 Å². The van der Waals surface area contributed by atoms with Crippen LogP contribution in [-0.4, -0.2) is 62.4 Å². The van der Waals surface area contributed by atoms with Gasteiger partial charge in [-0.2, -0.15) is 4.31 Å². The number of esters is 1. The van der Waals surface area contributed by atoms with E-state index >= 15 is 0 Å². The largest absolute Gasteiger partial charge is 0.464 e. The van der Waals surface area contributed by atoms with E-state index < -0.39 is 10.0 Å². The predicted octanol–water partition coefficient (Wildman–Crippen LogP) is 1.62. The molecule has 1 aromatic rings. The van der Waals surface area contributed by atoms with Gasteiger partial charge < -0.3 is 4.74 Å². The first-order valence-electron chi connectivity index (χ1n) is 7.25. The van der Waals surface area contributed by atoms with Crippen molar-refractivity contribution in [2.75, 3.05) is 32.8 Å². The molecule has 0 saturated carbocycles. The molecule has 0 spiro atoms. The Morgan fingerprint density at radius 3 is 2.43 bits per heavy atom. The van der Waals surface area contributed by atoms with Crippen LogP contribution in [0.15, 0.2) is 23.1 Å². The number of halogens is 2. The van der Waals surface area contributed by atoms with Crippen molar-refractivity contribution >= 4 is 39.2 Å². The minimum absolute atomic E-state index is 0.0143. The summed E-state index contributed by atoms with van der Waals surface area (Å²) in [5.41, 5.74) is 0. The zero-order valence-electron chi connectivity index (χ0n) is 12.2. The van der Waals surface area contributed by atoms with E-state index in [1.54, 1.807) is 6.07 Å². The van der Waals surface area contributed by atoms with Crippen LogP contribution in [-0.2, 0) is 19.6 Å². The van der Waals surface area contributed by atoms with Gasteiger partial charge in [0.1, 0.15) is 10.9 Å². The van der Waals surface area contributed by atoms with Crippen molar-refractivity contribution in [3.05, 3.63) is 28.2 Å². The van der Waals surface area contributed by atoms with Crippen molar-refractivity contribution in [3.63, 3.8) is 0 Å². The summed E-state index contributed by atoms with van der Waals surface area (Å²) in [6.07, 6.45) is 0.658. The van der Waals surface area contributed by atoms with Gasteiger partial charge in [-0.05, 0) is 18.2 Å². The Balaban J connectivity index is 1.73. The summed E-state index contributed by atoms with van der Waals surface area (Å²) in [7, 11) is -3.70. The Hall–Kier alpha value is -0.860. The summed E-state index contributed by atoms with van der Waals surface area (Å²) in [4.78, 5) is 13.6. The molecule has 6 nitrogen and oxygen atoms in total. The van der Waals surface area contributed by atoms with E-state index in [-0.39, 0.29) is 21.9 Å². The molecule has 0 N–H and O–H groups in total. The quantitative estimate of drug-likeness (QED) is 0.747. The average Bonchev–Trinajstić information content (AvgIpc) is 2.96. The van der Waals surface area contributed by atoms with Gasteiger partial charge in [0.15, 0.2) is 0 Å². The van der Waals surface area contributed by atoms with Crippen molar-refractivity contribution in [2.24, 2.45) is 0 Å². The smallest absolute Gasteiger partial charge is 0.323 e. The van der Waals surface area contributed by atoms with Gasteiger partial charge in [0.05, 0.1) is 11.6 Å². The highest BCUT2D eigenvalue weighted by Crippen LogP contribution is 2.28. The third-order valence-electron chi connectivity index (χ3n) is 4.13. The molecule has 3 rings (SSSR count). The zero-order chi connectivity index (χ0) is 16.6. The molecule has 2 aliphatic rings. The third kappa shape index (κ3) is 3.34.